The van der Waals surface area contributed by atoms with Crippen LogP contribution < -0.4 is 24.8 Å². The van der Waals surface area contributed by atoms with E-state index in [1.54, 1.807) is 24.3 Å². The van der Waals surface area contributed by atoms with Gasteiger partial charge in [-0.15, -0.1) is 0 Å². The molecule has 0 heterocycles. The van der Waals surface area contributed by atoms with Gasteiger partial charge in [0.2, 0.25) is 0 Å². The summed E-state index contributed by atoms with van der Waals surface area (Å²) in [6.45, 7) is 21.6. The van der Waals surface area contributed by atoms with E-state index in [9.17, 15) is 26.3 Å². The van der Waals surface area contributed by atoms with Crippen molar-refractivity contribution in [3.63, 3.8) is 0 Å². The molecule has 8 rings (SSSR count). The van der Waals surface area contributed by atoms with Crippen LogP contribution in [0, 0.1) is 52.9 Å². The normalized spacial score (nSPS) is 14.5. The number of unbranched alkanes of at least 4 members (excludes halogenated alkanes) is 1. The molecule has 0 saturated carbocycles. The zero-order valence-electron chi connectivity index (χ0n) is 40.3. The van der Waals surface area contributed by atoms with Crippen LogP contribution in [0.1, 0.15) is 117 Å². The SMILES string of the molecule is CCCCC1C=C(C(C)(C)C)C=[C]1[Zr+2](=[C](c1ccc(C(F)(F)F)cc1)c1ccc(C(F)(F)F)cc1)[CH]1c2cc(-c3c(C)cc(C)cc3C)ccc2-c2ccc(-c3c(C)cc(C)cc3C)cc21.[Cl-].[Cl-]. The summed E-state index contributed by atoms with van der Waals surface area (Å²) >= 11 is -3.81. The summed E-state index contributed by atoms with van der Waals surface area (Å²) in [5.74, 6) is 0.0644. The third kappa shape index (κ3) is 10.4. The summed E-state index contributed by atoms with van der Waals surface area (Å²) in [6.07, 6.45) is -1.44. The van der Waals surface area contributed by atoms with Crippen molar-refractivity contribution < 1.29 is 72.4 Å². The number of rotatable bonds is 9. The Balaban J connectivity index is 0.00000381. The Morgan fingerprint density at radius 3 is 1.29 bits per heavy atom. The number of allylic oxidation sites excluding steroid dienone is 4. The summed E-state index contributed by atoms with van der Waals surface area (Å²) < 4.78 is 87.8. The van der Waals surface area contributed by atoms with Crippen LogP contribution in [-0.4, -0.2) is 3.21 Å². The Hall–Kier alpha value is -4.29. The zero-order valence-corrected chi connectivity index (χ0v) is 44.3. The average molecular weight is 1040 g/mol. The van der Waals surface area contributed by atoms with Crippen molar-refractivity contribution in [3.8, 4) is 33.4 Å². The zero-order chi connectivity index (χ0) is 47.6. The van der Waals surface area contributed by atoms with Crippen molar-refractivity contribution >= 4 is 3.21 Å². The Kier molecular flexibility index (Phi) is 15.8. The fraction of sp³-hybridized carbons (Fsp3) is 0.305. The molecular formula is C59H58Cl2F6Zr. The summed E-state index contributed by atoms with van der Waals surface area (Å²) in [5, 5.41) is 0. The monoisotopic (exact) mass is 1040 g/mol. The molecule has 0 aromatic heterocycles. The Morgan fingerprint density at radius 2 is 0.941 bits per heavy atom. The molecule has 0 nitrogen and oxygen atoms in total. The molecule has 2 aliphatic carbocycles. The predicted molar refractivity (Wildman–Crippen MR) is 258 cm³/mol. The predicted octanol–water partition coefficient (Wildman–Crippen LogP) is 11.6. The molecule has 68 heavy (non-hydrogen) atoms. The molecular weight excluding hydrogens is 985 g/mol. The second-order valence-corrected chi connectivity index (χ2v) is 25.8. The minimum absolute atomic E-state index is 0. The number of aryl methyl sites for hydroxylation is 6. The maximum atomic E-state index is 14.3. The van der Waals surface area contributed by atoms with Gasteiger partial charge in [0.15, 0.2) is 0 Å². The molecule has 0 bridgehead atoms. The van der Waals surface area contributed by atoms with E-state index in [2.05, 4.69) is 142 Å². The first-order valence-corrected chi connectivity index (χ1v) is 26.9. The van der Waals surface area contributed by atoms with Crippen LogP contribution >= 0.6 is 0 Å². The molecule has 2 aliphatic rings. The van der Waals surface area contributed by atoms with E-state index in [-0.39, 0.29) is 39.8 Å². The van der Waals surface area contributed by atoms with Crippen LogP contribution in [-0.2, 0) is 33.6 Å². The first-order valence-electron chi connectivity index (χ1n) is 23.0. The van der Waals surface area contributed by atoms with Gasteiger partial charge in [-0.1, -0.05) is 0 Å². The molecule has 0 N–H and O–H groups in total. The van der Waals surface area contributed by atoms with Gasteiger partial charge in [-0.2, -0.15) is 0 Å². The van der Waals surface area contributed by atoms with Gasteiger partial charge in [-0.05, 0) is 0 Å². The molecule has 6 aromatic rings. The average Bonchev–Trinajstić information content (AvgIpc) is 3.80. The van der Waals surface area contributed by atoms with Gasteiger partial charge in [-0.25, -0.2) is 0 Å². The standard InChI is InChI=1S/C31H29.C15H8F6.C13H21.2ClH.Zr/c1-18-11-20(3)30(21(4)12-18)24-7-9-28-26(15-24)17-27-16-25(8-10-29(27)28)31-22(5)13-19(2)14-23(31)6;16-14(17,18)12-5-1-10(2-6-12)9-11-3-7-13(8-4-11)15(19,20)21;1-5-6-7-11-8-9-12(10-11)13(2,3)4;;;/h7-17H,1-6H3;1-8H;9-11H,5-7H2,1-4H3;2*1H;/q;;;;;+2/p-2. The number of alkyl halides is 6. The molecule has 1 atom stereocenters. The number of hydrogen-bond donors (Lipinski definition) is 0. The van der Waals surface area contributed by atoms with Gasteiger partial charge in [0.05, 0.1) is 0 Å². The fourth-order valence-corrected chi connectivity index (χ4v) is 20.4. The minimum Gasteiger partial charge on any atom is -1.00 e. The van der Waals surface area contributed by atoms with Gasteiger partial charge >= 0.3 is 397 Å². The summed E-state index contributed by atoms with van der Waals surface area (Å²) in [4.78, 5) is 0. The van der Waals surface area contributed by atoms with E-state index in [1.807, 2.05) is 0 Å². The topological polar surface area (TPSA) is 0 Å². The maximum absolute atomic E-state index is 14.3. The summed E-state index contributed by atoms with van der Waals surface area (Å²) in [7, 11) is 0. The number of hydrogen-bond acceptors (Lipinski definition) is 0. The second-order valence-electron chi connectivity index (χ2n) is 19.7. The Labute approximate surface area is 419 Å². The van der Waals surface area contributed by atoms with Crippen LogP contribution in [0.3, 0.4) is 0 Å². The molecule has 0 fully saturated rings. The molecule has 0 amide bonds. The van der Waals surface area contributed by atoms with Gasteiger partial charge in [0, 0.05) is 0 Å². The van der Waals surface area contributed by atoms with Crippen LogP contribution in [0.2, 0.25) is 0 Å². The van der Waals surface area contributed by atoms with Crippen molar-refractivity contribution in [1.29, 1.82) is 0 Å². The molecule has 6 aromatic carbocycles. The van der Waals surface area contributed by atoms with Crippen LogP contribution in [0.15, 0.2) is 130 Å². The van der Waals surface area contributed by atoms with Crippen LogP contribution in [0.4, 0.5) is 26.3 Å². The minimum atomic E-state index is -4.56. The van der Waals surface area contributed by atoms with Crippen molar-refractivity contribution in [1.82, 2.24) is 0 Å². The number of fused-ring (bicyclic) bond motifs is 3. The molecule has 9 heteroatoms. The first kappa shape index (κ1) is 53.1. The van der Waals surface area contributed by atoms with Crippen molar-refractivity contribution in [2.24, 2.45) is 11.3 Å². The number of benzene rings is 6. The Morgan fingerprint density at radius 1 is 0.544 bits per heavy atom. The molecule has 354 valence electrons. The van der Waals surface area contributed by atoms with E-state index < -0.39 is 44.7 Å². The molecule has 1 unspecified atom stereocenters. The van der Waals surface area contributed by atoms with Crippen LogP contribution in [0.5, 0.6) is 0 Å². The van der Waals surface area contributed by atoms with Crippen LogP contribution in [0.25, 0.3) is 33.4 Å². The van der Waals surface area contributed by atoms with Crippen molar-refractivity contribution in [2.45, 2.75) is 104 Å². The van der Waals surface area contributed by atoms with E-state index in [4.69, 9.17) is 0 Å². The maximum Gasteiger partial charge on any atom is -1.00 e. The molecule has 0 radical (unpaired) electrons. The number of halogens is 8. The largest absolute Gasteiger partial charge is 1.00 e. The Bertz CT molecular complexity index is 2750. The quantitative estimate of drug-likeness (QED) is 0.127. The van der Waals surface area contributed by atoms with E-state index >= 15 is 0 Å². The molecule has 0 spiro atoms. The van der Waals surface area contributed by atoms with Gasteiger partial charge in [0.25, 0.3) is 0 Å². The first-order chi connectivity index (χ1) is 31.0. The van der Waals surface area contributed by atoms with E-state index in [1.165, 1.54) is 64.5 Å². The van der Waals surface area contributed by atoms with Gasteiger partial charge in [0.1, 0.15) is 0 Å². The smallest absolute Gasteiger partial charge is 1.00 e. The van der Waals surface area contributed by atoms with Gasteiger partial charge < -0.3 is 24.8 Å². The summed E-state index contributed by atoms with van der Waals surface area (Å²) in [5.41, 5.74) is 16.9. The second kappa shape index (κ2) is 20.2. The van der Waals surface area contributed by atoms with Crippen molar-refractivity contribution in [2.75, 3.05) is 0 Å². The third-order valence-electron chi connectivity index (χ3n) is 13.6. The van der Waals surface area contributed by atoms with Crippen molar-refractivity contribution in [3.05, 3.63) is 197 Å². The van der Waals surface area contributed by atoms with E-state index in [0.717, 1.165) is 69.0 Å². The fourth-order valence-electron chi connectivity index (χ4n) is 10.8. The molecule has 0 aliphatic heterocycles. The summed E-state index contributed by atoms with van der Waals surface area (Å²) in [6, 6.07) is 33.3. The van der Waals surface area contributed by atoms with E-state index in [0.29, 0.717) is 11.1 Å². The van der Waals surface area contributed by atoms with Gasteiger partial charge in [-0.3, -0.25) is 0 Å². The molecule has 0 saturated heterocycles. The third-order valence-corrected chi connectivity index (χ3v) is 22.1.